The summed E-state index contributed by atoms with van der Waals surface area (Å²) in [5, 5.41) is 0. The molecule has 0 aliphatic carbocycles. The minimum Gasteiger partial charge on any atom is -0.472 e. The molecule has 5 nitrogen and oxygen atoms in total. The first-order chi connectivity index (χ1) is 14.0. The van der Waals surface area contributed by atoms with Crippen molar-refractivity contribution in [3.63, 3.8) is 0 Å². The first kappa shape index (κ1) is 18.6. The van der Waals surface area contributed by atoms with Gasteiger partial charge in [0.15, 0.2) is 5.78 Å². The quantitative estimate of drug-likeness (QED) is 0.486. The number of pyridine rings is 1. The van der Waals surface area contributed by atoms with Crippen molar-refractivity contribution in [1.29, 1.82) is 0 Å². The maximum atomic E-state index is 13.0. The number of rotatable bonds is 5. The Morgan fingerprint density at radius 3 is 2.34 bits per heavy atom. The van der Waals surface area contributed by atoms with E-state index in [1.54, 1.807) is 55.6 Å². The third kappa shape index (κ3) is 3.78. The monoisotopic (exact) mass is 388 g/mol. The van der Waals surface area contributed by atoms with E-state index in [4.69, 9.17) is 4.74 Å². The number of nitrogens with zero attached hydrogens (tertiary/aromatic N) is 2. The van der Waals surface area contributed by atoms with Crippen molar-refractivity contribution < 1.29 is 13.9 Å². The molecule has 0 saturated heterocycles. The van der Waals surface area contributed by atoms with Gasteiger partial charge in [-0.1, -0.05) is 30.3 Å². The summed E-state index contributed by atoms with van der Waals surface area (Å²) in [5.74, 6) is -0.281. The molecule has 0 aliphatic heterocycles. The number of fused-ring (bicyclic) bond motifs is 1. The first-order valence-electron chi connectivity index (χ1n) is 9.03. The molecule has 4 aromatic rings. The van der Waals surface area contributed by atoms with Gasteiger partial charge in [-0.05, 0) is 48.9 Å². The highest BCUT2D eigenvalue weighted by Gasteiger charge is 2.11. The predicted molar refractivity (Wildman–Crippen MR) is 107 cm³/mol. The standard InChI is InChI=1S/C23H17FN2O3/c1-15-22(25-20-4-2-3-13-26(20)23(15)28)29-14-16-5-7-17(8-6-16)21(27)18-9-11-19(24)12-10-18/h2-13H,14H2,1H3. The van der Waals surface area contributed by atoms with Crippen LogP contribution in [-0.2, 0) is 6.61 Å². The van der Waals surface area contributed by atoms with Crippen LogP contribution < -0.4 is 10.3 Å². The Morgan fingerprint density at radius 2 is 1.66 bits per heavy atom. The van der Waals surface area contributed by atoms with Crippen LogP contribution in [0.1, 0.15) is 27.0 Å². The largest absolute Gasteiger partial charge is 0.472 e. The molecule has 0 N–H and O–H groups in total. The lowest BCUT2D eigenvalue weighted by molar-refractivity contribution is 0.103. The van der Waals surface area contributed by atoms with Crippen LogP contribution in [0.2, 0.25) is 0 Å². The fourth-order valence-electron chi connectivity index (χ4n) is 2.97. The molecule has 144 valence electrons. The van der Waals surface area contributed by atoms with Gasteiger partial charge in [0.05, 0.1) is 5.56 Å². The number of ether oxygens (including phenoxy) is 1. The van der Waals surface area contributed by atoms with Crippen LogP contribution in [0, 0.1) is 12.7 Å². The lowest BCUT2D eigenvalue weighted by Crippen LogP contribution is -2.19. The number of halogens is 1. The van der Waals surface area contributed by atoms with Gasteiger partial charge in [0.1, 0.15) is 18.1 Å². The van der Waals surface area contributed by atoms with Gasteiger partial charge >= 0.3 is 0 Å². The minimum absolute atomic E-state index is 0.175. The van der Waals surface area contributed by atoms with Crippen molar-refractivity contribution in [3.8, 4) is 5.88 Å². The van der Waals surface area contributed by atoms with Crippen molar-refractivity contribution in [2.45, 2.75) is 13.5 Å². The topological polar surface area (TPSA) is 60.7 Å². The molecule has 2 aromatic carbocycles. The molecule has 0 radical (unpaired) electrons. The van der Waals surface area contributed by atoms with E-state index in [1.165, 1.54) is 28.7 Å². The molecule has 6 heteroatoms. The Hall–Kier alpha value is -3.80. The maximum absolute atomic E-state index is 13.0. The number of ketones is 1. The van der Waals surface area contributed by atoms with Crippen LogP contribution in [0.5, 0.6) is 5.88 Å². The molecule has 0 fully saturated rings. The van der Waals surface area contributed by atoms with Crippen molar-refractivity contribution >= 4 is 11.4 Å². The van der Waals surface area contributed by atoms with E-state index in [-0.39, 0.29) is 29.6 Å². The zero-order valence-corrected chi connectivity index (χ0v) is 15.6. The van der Waals surface area contributed by atoms with E-state index >= 15 is 0 Å². The molecule has 4 rings (SSSR count). The Labute approximate surface area is 166 Å². The fourth-order valence-corrected chi connectivity index (χ4v) is 2.97. The van der Waals surface area contributed by atoms with E-state index in [2.05, 4.69) is 4.98 Å². The Balaban J connectivity index is 1.50. The summed E-state index contributed by atoms with van der Waals surface area (Å²) in [4.78, 5) is 29.3. The van der Waals surface area contributed by atoms with Crippen molar-refractivity contribution in [1.82, 2.24) is 9.38 Å². The van der Waals surface area contributed by atoms with Crippen LogP contribution in [0.25, 0.3) is 5.65 Å². The summed E-state index contributed by atoms with van der Waals surface area (Å²) in [7, 11) is 0. The number of benzene rings is 2. The SMILES string of the molecule is Cc1c(OCc2ccc(C(=O)c3ccc(F)cc3)cc2)nc2ccccn2c1=O. The van der Waals surface area contributed by atoms with Gasteiger partial charge in [0, 0.05) is 17.3 Å². The van der Waals surface area contributed by atoms with Gasteiger partial charge in [-0.3, -0.25) is 14.0 Å². The van der Waals surface area contributed by atoms with Crippen LogP contribution in [-0.4, -0.2) is 15.2 Å². The number of carbonyl (C=O) groups is 1. The van der Waals surface area contributed by atoms with Gasteiger partial charge in [-0.15, -0.1) is 0 Å². The lowest BCUT2D eigenvalue weighted by Gasteiger charge is -2.10. The van der Waals surface area contributed by atoms with E-state index in [0.29, 0.717) is 22.3 Å². The number of aromatic nitrogens is 2. The Kier molecular flexibility index (Phi) is 4.91. The lowest BCUT2D eigenvalue weighted by atomic mass is 10.0. The molecule has 0 atom stereocenters. The molecule has 2 heterocycles. The highest BCUT2D eigenvalue weighted by Crippen LogP contribution is 2.16. The molecule has 0 amide bonds. The van der Waals surface area contributed by atoms with Gasteiger partial charge in [0.25, 0.3) is 5.56 Å². The zero-order valence-electron chi connectivity index (χ0n) is 15.6. The van der Waals surface area contributed by atoms with Gasteiger partial charge < -0.3 is 4.74 Å². The Bertz CT molecular complexity index is 1250. The van der Waals surface area contributed by atoms with Gasteiger partial charge in [0.2, 0.25) is 5.88 Å². The second-order valence-electron chi connectivity index (χ2n) is 6.60. The van der Waals surface area contributed by atoms with E-state index in [1.807, 2.05) is 0 Å². The smallest absolute Gasteiger partial charge is 0.264 e. The molecular weight excluding hydrogens is 371 g/mol. The van der Waals surface area contributed by atoms with E-state index < -0.39 is 0 Å². The summed E-state index contributed by atoms with van der Waals surface area (Å²) >= 11 is 0. The fraction of sp³-hybridized carbons (Fsp3) is 0.0870. The van der Waals surface area contributed by atoms with Crippen molar-refractivity contribution in [2.24, 2.45) is 0 Å². The minimum atomic E-state index is -0.383. The Morgan fingerprint density at radius 1 is 1.00 bits per heavy atom. The van der Waals surface area contributed by atoms with Crippen LogP contribution in [0.4, 0.5) is 4.39 Å². The van der Waals surface area contributed by atoms with Crippen molar-refractivity contribution in [2.75, 3.05) is 0 Å². The summed E-state index contributed by atoms with van der Waals surface area (Å²) in [6, 6.07) is 17.7. The van der Waals surface area contributed by atoms with Crippen molar-refractivity contribution in [3.05, 3.63) is 111 Å². The number of carbonyl (C=O) groups excluding carboxylic acids is 1. The third-order valence-corrected chi connectivity index (χ3v) is 4.61. The van der Waals surface area contributed by atoms with Crippen LogP contribution in [0.3, 0.4) is 0 Å². The molecule has 0 saturated carbocycles. The zero-order chi connectivity index (χ0) is 20.4. The van der Waals surface area contributed by atoms with E-state index in [0.717, 1.165) is 5.56 Å². The molecule has 0 spiro atoms. The summed E-state index contributed by atoms with van der Waals surface area (Å²) < 4.78 is 20.2. The first-order valence-corrected chi connectivity index (χ1v) is 9.03. The molecule has 0 bridgehead atoms. The third-order valence-electron chi connectivity index (χ3n) is 4.61. The molecule has 29 heavy (non-hydrogen) atoms. The number of hydrogen-bond donors (Lipinski definition) is 0. The normalized spacial score (nSPS) is 10.8. The maximum Gasteiger partial charge on any atom is 0.264 e. The molecule has 2 aromatic heterocycles. The van der Waals surface area contributed by atoms with E-state index in [9.17, 15) is 14.0 Å². The van der Waals surface area contributed by atoms with Gasteiger partial charge in [-0.25, -0.2) is 4.39 Å². The van der Waals surface area contributed by atoms with Crippen LogP contribution >= 0.6 is 0 Å². The average Bonchev–Trinajstić information content (AvgIpc) is 2.76. The van der Waals surface area contributed by atoms with Gasteiger partial charge in [-0.2, -0.15) is 4.98 Å². The van der Waals surface area contributed by atoms with Crippen LogP contribution in [0.15, 0.2) is 77.7 Å². The predicted octanol–water partition coefficient (Wildman–Crippen LogP) is 3.95. The number of hydrogen-bond acceptors (Lipinski definition) is 4. The molecular formula is C23H17FN2O3. The second kappa shape index (κ2) is 7.67. The molecule has 0 aliphatic rings. The molecule has 0 unspecified atom stereocenters. The summed E-state index contributed by atoms with van der Waals surface area (Å²) in [6.45, 7) is 1.88. The second-order valence-corrected chi connectivity index (χ2v) is 6.60. The summed E-state index contributed by atoms with van der Waals surface area (Å²) in [6.07, 6.45) is 1.66. The highest BCUT2D eigenvalue weighted by molar-refractivity contribution is 6.08. The summed E-state index contributed by atoms with van der Waals surface area (Å²) in [5.41, 5.74) is 2.52. The average molecular weight is 388 g/mol. The highest BCUT2D eigenvalue weighted by atomic mass is 19.1.